The van der Waals surface area contributed by atoms with Crippen LogP contribution in [0, 0.1) is 0 Å². The molecule has 0 amide bonds. The first kappa shape index (κ1) is 14.6. The summed E-state index contributed by atoms with van der Waals surface area (Å²) in [5.41, 5.74) is 0.962. The van der Waals surface area contributed by atoms with Crippen molar-refractivity contribution in [2.24, 2.45) is 0 Å². The van der Waals surface area contributed by atoms with Gasteiger partial charge in [0.2, 0.25) is 0 Å². The molecule has 106 valence electrons. The van der Waals surface area contributed by atoms with Crippen LogP contribution in [0.2, 0.25) is 5.02 Å². The lowest BCUT2D eigenvalue weighted by molar-refractivity contribution is 0.0594. The van der Waals surface area contributed by atoms with E-state index in [0.717, 1.165) is 0 Å². The predicted octanol–water partition coefficient (Wildman–Crippen LogP) is 2.70. The minimum Gasteiger partial charge on any atom is -0.490 e. The summed E-state index contributed by atoms with van der Waals surface area (Å²) in [4.78, 5) is 16.0. The van der Waals surface area contributed by atoms with Gasteiger partial charge in [-0.3, -0.25) is 4.98 Å². The van der Waals surface area contributed by atoms with Crippen molar-refractivity contribution >= 4 is 28.5 Å². The van der Waals surface area contributed by atoms with Gasteiger partial charge in [-0.15, -0.1) is 0 Å². The Bertz CT molecular complexity index is 630. The number of carbonyl (C=O) groups excluding carboxylic acids is 1. The third-order valence-electron chi connectivity index (χ3n) is 2.74. The average molecular weight is 296 g/mol. The smallest absolute Gasteiger partial charge is 0.341 e. The highest BCUT2D eigenvalue weighted by Gasteiger charge is 2.16. The highest BCUT2D eigenvalue weighted by Crippen LogP contribution is 2.29. The van der Waals surface area contributed by atoms with Crippen LogP contribution < -0.4 is 4.74 Å². The van der Waals surface area contributed by atoms with Crippen molar-refractivity contribution in [3.8, 4) is 5.75 Å². The highest BCUT2D eigenvalue weighted by molar-refractivity contribution is 6.35. The van der Waals surface area contributed by atoms with Crippen molar-refractivity contribution in [2.45, 2.75) is 0 Å². The standard InChI is InChI=1S/C14H14ClNO4/c1-18-5-6-20-13-8-12-9(11(15)3-4-16-12)7-10(13)14(17)19-2/h3-4,7-8H,5-6H2,1-2H3. The lowest BCUT2D eigenvalue weighted by Gasteiger charge is -2.11. The molecule has 0 unspecified atom stereocenters. The first-order valence-corrected chi connectivity index (χ1v) is 6.33. The fourth-order valence-electron chi connectivity index (χ4n) is 1.76. The fraction of sp³-hybridized carbons (Fsp3) is 0.286. The molecule has 0 saturated carbocycles. The Morgan fingerprint density at radius 1 is 1.30 bits per heavy atom. The van der Waals surface area contributed by atoms with Crippen molar-refractivity contribution in [3.63, 3.8) is 0 Å². The minimum absolute atomic E-state index is 0.311. The molecular formula is C14H14ClNO4. The first-order chi connectivity index (χ1) is 9.67. The second-order valence-corrected chi connectivity index (χ2v) is 4.40. The van der Waals surface area contributed by atoms with Gasteiger partial charge in [-0.2, -0.15) is 0 Å². The van der Waals surface area contributed by atoms with Gasteiger partial charge in [0.15, 0.2) is 0 Å². The number of halogens is 1. The zero-order valence-corrected chi connectivity index (χ0v) is 11.9. The number of fused-ring (bicyclic) bond motifs is 1. The molecule has 20 heavy (non-hydrogen) atoms. The summed E-state index contributed by atoms with van der Waals surface area (Å²) in [7, 11) is 2.89. The van der Waals surface area contributed by atoms with Gasteiger partial charge in [0, 0.05) is 24.8 Å². The SMILES string of the molecule is COCCOc1cc2nccc(Cl)c2cc1C(=O)OC. The highest BCUT2D eigenvalue weighted by atomic mass is 35.5. The zero-order chi connectivity index (χ0) is 14.5. The number of esters is 1. The number of rotatable bonds is 5. The first-order valence-electron chi connectivity index (χ1n) is 5.95. The van der Waals surface area contributed by atoms with Crippen LogP contribution in [0.3, 0.4) is 0 Å². The van der Waals surface area contributed by atoms with Crippen LogP contribution in [0.5, 0.6) is 5.75 Å². The summed E-state index contributed by atoms with van der Waals surface area (Å²) in [5, 5.41) is 1.19. The Balaban J connectivity index is 2.49. The predicted molar refractivity (Wildman–Crippen MR) is 75.5 cm³/mol. The molecule has 1 aromatic carbocycles. The average Bonchev–Trinajstić information content (AvgIpc) is 2.46. The van der Waals surface area contributed by atoms with Crippen LogP contribution in [0.25, 0.3) is 10.9 Å². The Morgan fingerprint density at radius 3 is 2.80 bits per heavy atom. The van der Waals surface area contributed by atoms with Crippen molar-refractivity contribution in [3.05, 3.63) is 35.0 Å². The molecule has 6 heteroatoms. The molecule has 5 nitrogen and oxygen atoms in total. The van der Waals surface area contributed by atoms with E-state index in [2.05, 4.69) is 4.98 Å². The number of methoxy groups -OCH3 is 2. The number of nitrogens with zero attached hydrogens (tertiary/aromatic N) is 1. The van der Waals surface area contributed by atoms with Crippen molar-refractivity contribution in [2.75, 3.05) is 27.4 Å². The molecule has 0 N–H and O–H groups in total. The Labute approximate surface area is 121 Å². The van der Waals surface area contributed by atoms with Crippen molar-refractivity contribution in [1.82, 2.24) is 4.98 Å². The quantitative estimate of drug-likeness (QED) is 0.627. The van der Waals surface area contributed by atoms with Gasteiger partial charge in [0.05, 0.1) is 24.3 Å². The van der Waals surface area contributed by atoms with Crippen LogP contribution in [0.1, 0.15) is 10.4 Å². The van der Waals surface area contributed by atoms with E-state index in [0.29, 0.717) is 40.5 Å². The molecule has 0 aliphatic heterocycles. The summed E-state index contributed by atoms with van der Waals surface area (Å²) in [5.74, 6) is -0.0876. The van der Waals surface area contributed by atoms with E-state index < -0.39 is 5.97 Å². The molecule has 0 spiro atoms. The van der Waals surface area contributed by atoms with Gasteiger partial charge in [-0.05, 0) is 12.1 Å². The minimum atomic E-state index is -0.487. The summed E-state index contributed by atoms with van der Waals surface area (Å²) in [6.07, 6.45) is 1.60. The Kier molecular flexibility index (Phi) is 4.76. The monoisotopic (exact) mass is 295 g/mol. The molecule has 0 atom stereocenters. The van der Waals surface area contributed by atoms with Gasteiger partial charge in [-0.25, -0.2) is 4.79 Å². The molecule has 0 aliphatic carbocycles. The Morgan fingerprint density at radius 2 is 2.10 bits per heavy atom. The normalized spacial score (nSPS) is 10.6. The van der Waals surface area contributed by atoms with Gasteiger partial charge >= 0.3 is 5.97 Å². The lowest BCUT2D eigenvalue weighted by Crippen LogP contribution is -2.09. The van der Waals surface area contributed by atoms with Crippen LogP contribution in [0.4, 0.5) is 0 Å². The molecular weight excluding hydrogens is 282 g/mol. The third-order valence-corrected chi connectivity index (χ3v) is 3.07. The van der Waals surface area contributed by atoms with Crippen LogP contribution >= 0.6 is 11.6 Å². The van der Waals surface area contributed by atoms with Crippen LogP contribution in [0.15, 0.2) is 24.4 Å². The van der Waals surface area contributed by atoms with Crippen LogP contribution in [-0.4, -0.2) is 38.4 Å². The number of ether oxygens (including phenoxy) is 3. The second-order valence-electron chi connectivity index (χ2n) is 3.99. The lowest BCUT2D eigenvalue weighted by atomic mass is 10.1. The summed E-state index contributed by atoms with van der Waals surface area (Å²) in [6.45, 7) is 0.744. The number of benzene rings is 1. The molecule has 2 rings (SSSR count). The molecule has 1 aromatic heterocycles. The second kappa shape index (κ2) is 6.54. The van der Waals surface area contributed by atoms with E-state index in [1.807, 2.05) is 0 Å². The maximum Gasteiger partial charge on any atom is 0.341 e. The largest absolute Gasteiger partial charge is 0.490 e. The molecule has 0 saturated heterocycles. The van der Waals surface area contributed by atoms with Gasteiger partial charge in [0.25, 0.3) is 0 Å². The number of hydrogen-bond donors (Lipinski definition) is 0. The maximum absolute atomic E-state index is 11.8. The van der Waals surface area contributed by atoms with Crippen LogP contribution in [-0.2, 0) is 9.47 Å². The number of carbonyl (C=O) groups is 1. The molecule has 0 radical (unpaired) electrons. The van der Waals surface area contributed by atoms with Gasteiger partial charge < -0.3 is 14.2 Å². The van der Waals surface area contributed by atoms with E-state index >= 15 is 0 Å². The summed E-state index contributed by atoms with van der Waals surface area (Å²) in [6, 6.07) is 4.96. The molecule has 0 aliphatic rings. The fourth-order valence-corrected chi connectivity index (χ4v) is 1.97. The maximum atomic E-state index is 11.8. The van der Waals surface area contributed by atoms with E-state index in [-0.39, 0.29) is 0 Å². The topological polar surface area (TPSA) is 57.7 Å². The molecule has 0 bridgehead atoms. The third kappa shape index (κ3) is 3.00. The van der Waals surface area contributed by atoms with E-state index in [1.54, 1.807) is 31.5 Å². The van der Waals surface area contributed by atoms with E-state index in [9.17, 15) is 4.79 Å². The summed E-state index contributed by atoms with van der Waals surface area (Å²) >= 11 is 6.10. The summed E-state index contributed by atoms with van der Waals surface area (Å²) < 4.78 is 15.2. The van der Waals surface area contributed by atoms with E-state index in [4.69, 9.17) is 25.8 Å². The zero-order valence-electron chi connectivity index (χ0n) is 11.2. The van der Waals surface area contributed by atoms with Crippen molar-refractivity contribution < 1.29 is 19.0 Å². The number of aromatic nitrogens is 1. The van der Waals surface area contributed by atoms with E-state index in [1.165, 1.54) is 7.11 Å². The number of pyridine rings is 1. The Hall–Kier alpha value is -1.85. The number of hydrogen-bond acceptors (Lipinski definition) is 5. The molecule has 1 heterocycles. The van der Waals surface area contributed by atoms with Gasteiger partial charge in [-0.1, -0.05) is 11.6 Å². The van der Waals surface area contributed by atoms with Gasteiger partial charge in [0.1, 0.15) is 17.9 Å². The molecule has 2 aromatic rings. The molecule has 0 fully saturated rings. The van der Waals surface area contributed by atoms with Crippen molar-refractivity contribution in [1.29, 1.82) is 0 Å².